The molecule has 0 saturated heterocycles. The molecule has 11 heteroatoms. The molecule has 0 saturated carbocycles. The lowest BCUT2D eigenvalue weighted by molar-refractivity contribution is -0.138. The standard InChI is InChI=1S/C19H9ClF6N4/c20-12-6-10(18(21,22)23)7-14-16(12)30-17(29-14)13-4-3-9(8-28-13)15-11(19(24,25)26)2-1-5-27-15/h1-8H,(H,29,30). The van der Waals surface area contributed by atoms with Crippen molar-refractivity contribution in [2.75, 3.05) is 0 Å². The van der Waals surface area contributed by atoms with Crippen molar-refractivity contribution < 1.29 is 26.3 Å². The molecule has 0 radical (unpaired) electrons. The third kappa shape index (κ3) is 3.70. The van der Waals surface area contributed by atoms with Crippen LogP contribution in [0.5, 0.6) is 0 Å². The van der Waals surface area contributed by atoms with E-state index >= 15 is 0 Å². The number of rotatable bonds is 2. The third-order valence-electron chi connectivity index (χ3n) is 4.27. The summed E-state index contributed by atoms with van der Waals surface area (Å²) in [4.78, 5) is 14.7. The molecule has 0 spiro atoms. The fourth-order valence-corrected chi connectivity index (χ4v) is 3.16. The summed E-state index contributed by atoms with van der Waals surface area (Å²) in [5.41, 5.74) is -1.63. The molecule has 30 heavy (non-hydrogen) atoms. The van der Waals surface area contributed by atoms with Crippen LogP contribution in [0.4, 0.5) is 26.3 Å². The predicted molar refractivity (Wildman–Crippen MR) is 97.6 cm³/mol. The number of nitrogens with zero attached hydrogens (tertiary/aromatic N) is 3. The first kappa shape index (κ1) is 20.1. The number of fused-ring (bicyclic) bond motifs is 1. The maximum atomic E-state index is 13.2. The average Bonchev–Trinajstić information content (AvgIpc) is 3.12. The molecule has 0 fully saturated rings. The molecule has 0 amide bonds. The van der Waals surface area contributed by atoms with Gasteiger partial charge in [0.2, 0.25) is 0 Å². The van der Waals surface area contributed by atoms with E-state index in [2.05, 4.69) is 19.9 Å². The molecule has 4 rings (SSSR count). The van der Waals surface area contributed by atoms with Gasteiger partial charge in [0.05, 0.1) is 32.9 Å². The number of aromatic amines is 1. The van der Waals surface area contributed by atoms with Crippen LogP contribution in [0.1, 0.15) is 11.1 Å². The maximum Gasteiger partial charge on any atom is 0.418 e. The minimum absolute atomic E-state index is 0.0141. The minimum atomic E-state index is -4.59. The molecule has 0 bridgehead atoms. The molecule has 3 aromatic heterocycles. The molecule has 4 nitrogen and oxygen atoms in total. The zero-order valence-corrected chi connectivity index (χ0v) is 15.4. The van der Waals surface area contributed by atoms with E-state index in [9.17, 15) is 26.3 Å². The highest BCUT2D eigenvalue weighted by atomic mass is 35.5. The first-order valence-electron chi connectivity index (χ1n) is 8.29. The number of imidazole rings is 1. The van der Waals surface area contributed by atoms with E-state index in [-0.39, 0.29) is 38.8 Å². The van der Waals surface area contributed by atoms with Gasteiger partial charge in [0.1, 0.15) is 5.69 Å². The number of nitrogens with one attached hydrogen (secondary N) is 1. The van der Waals surface area contributed by atoms with Gasteiger partial charge >= 0.3 is 12.4 Å². The molecule has 0 atom stereocenters. The number of pyridine rings is 2. The molecule has 0 aliphatic carbocycles. The van der Waals surface area contributed by atoms with Crippen LogP contribution < -0.4 is 0 Å². The van der Waals surface area contributed by atoms with Gasteiger partial charge in [-0.15, -0.1) is 0 Å². The normalized spacial score (nSPS) is 12.5. The van der Waals surface area contributed by atoms with Gasteiger partial charge in [-0.3, -0.25) is 9.97 Å². The van der Waals surface area contributed by atoms with Crippen LogP contribution in [0.3, 0.4) is 0 Å². The van der Waals surface area contributed by atoms with E-state index in [4.69, 9.17) is 11.6 Å². The summed E-state index contributed by atoms with van der Waals surface area (Å²) >= 11 is 5.93. The molecule has 1 aromatic carbocycles. The number of halogens is 7. The van der Waals surface area contributed by atoms with Gasteiger partial charge < -0.3 is 4.98 Å². The predicted octanol–water partition coefficient (Wildman–Crippen LogP) is 6.38. The second-order valence-electron chi connectivity index (χ2n) is 6.26. The second kappa shape index (κ2) is 6.98. The van der Waals surface area contributed by atoms with Crippen molar-refractivity contribution in [1.29, 1.82) is 0 Å². The number of H-pyrrole nitrogens is 1. The highest BCUT2D eigenvalue weighted by Crippen LogP contribution is 2.37. The van der Waals surface area contributed by atoms with E-state index in [0.717, 1.165) is 18.2 Å². The second-order valence-corrected chi connectivity index (χ2v) is 6.67. The Hall–Kier alpha value is -3.14. The molecular weight excluding hydrogens is 434 g/mol. The third-order valence-corrected chi connectivity index (χ3v) is 4.56. The number of alkyl halides is 6. The number of hydrogen-bond donors (Lipinski definition) is 1. The smallest absolute Gasteiger partial charge is 0.335 e. The summed E-state index contributed by atoms with van der Waals surface area (Å²) in [5, 5.41) is -0.168. The molecule has 0 aliphatic rings. The Morgan fingerprint density at radius 1 is 0.900 bits per heavy atom. The fraction of sp³-hybridized carbons (Fsp3) is 0.105. The van der Waals surface area contributed by atoms with Gasteiger partial charge in [-0.2, -0.15) is 26.3 Å². The SMILES string of the molecule is FC(F)(F)c1cc(Cl)c2[nH]c(-c3ccc(-c4ncccc4C(F)(F)F)cn3)nc2c1. The van der Waals surface area contributed by atoms with Gasteiger partial charge in [0.25, 0.3) is 0 Å². The topological polar surface area (TPSA) is 54.5 Å². The first-order chi connectivity index (χ1) is 14.0. The Labute approximate surface area is 169 Å². The number of aromatic nitrogens is 4. The molecule has 1 N–H and O–H groups in total. The summed E-state index contributed by atoms with van der Waals surface area (Å²) in [6, 6.07) is 6.48. The number of benzene rings is 1. The van der Waals surface area contributed by atoms with E-state index in [1.54, 1.807) is 0 Å². The van der Waals surface area contributed by atoms with Crippen molar-refractivity contribution in [1.82, 2.24) is 19.9 Å². The fourth-order valence-electron chi connectivity index (χ4n) is 2.89. The van der Waals surface area contributed by atoms with Gasteiger partial charge in [-0.25, -0.2) is 4.98 Å². The molecule has 0 aliphatic heterocycles. The molecule has 0 unspecified atom stereocenters. The minimum Gasteiger partial charge on any atom is -0.335 e. The van der Waals surface area contributed by atoms with E-state index in [1.165, 1.54) is 30.6 Å². The van der Waals surface area contributed by atoms with Crippen molar-refractivity contribution in [3.05, 3.63) is 64.9 Å². The highest BCUT2D eigenvalue weighted by molar-refractivity contribution is 6.35. The van der Waals surface area contributed by atoms with Gasteiger partial charge in [0.15, 0.2) is 5.82 Å². The van der Waals surface area contributed by atoms with Crippen LogP contribution in [0.2, 0.25) is 5.02 Å². The molecule has 4 aromatic rings. The number of hydrogen-bond acceptors (Lipinski definition) is 3. The van der Waals surface area contributed by atoms with Crippen LogP contribution in [0.25, 0.3) is 33.8 Å². The first-order valence-corrected chi connectivity index (χ1v) is 8.67. The van der Waals surface area contributed by atoms with E-state index < -0.39 is 23.5 Å². The average molecular weight is 443 g/mol. The Bertz CT molecular complexity index is 1230. The van der Waals surface area contributed by atoms with Crippen LogP contribution in [-0.2, 0) is 12.4 Å². The summed E-state index contributed by atoms with van der Waals surface area (Å²) in [5.74, 6) is 0.120. The van der Waals surface area contributed by atoms with Crippen LogP contribution in [0, 0.1) is 0 Å². The highest BCUT2D eigenvalue weighted by Gasteiger charge is 2.34. The van der Waals surface area contributed by atoms with Crippen molar-refractivity contribution in [3.8, 4) is 22.8 Å². The van der Waals surface area contributed by atoms with Crippen molar-refractivity contribution in [3.63, 3.8) is 0 Å². The van der Waals surface area contributed by atoms with Crippen LogP contribution in [0.15, 0.2) is 48.8 Å². The maximum absolute atomic E-state index is 13.2. The molecule has 154 valence electrons. The van der Waals surface area contributed by atoms with Gasteiger partial charge in [-0.1, -0.05) is 11.6 Å². The quantitative estimate of drug-likeness (QED) is 0.367. The van der Waals surface area contributed by atoms with Crippen molar-refractivity contribution >= 4 is 22.6 Å². The van der Waals surface area contributed by atoms with E-state index in [0.29, 0.717) is 0 Å². The summed E-state index contributed by atoms with van der Waals surface area (Å²) < 4.78 is 78.4. The van der Waals surface area contributed by atoms with Gasteiger partial charge in [0, 0.05) is 18.0 Å². The summed E-state index contributed by atoms with van der Waals surface area (Å²) in [6.45, 7) is 0. The monoisotopic (exact) mass is 442 g/mol. The lowest BCUT2D eigenvalue weighted by Gasteiger charge is -2.11. The zero-order chi connectivity index (χ0) is 21.7. The largest absolute Gasteiger partial charge is 0.418 e. The van der Waals surface area contributed by atoms with Crippen molar-refractivity contribution in [2.45, 2.75) is 12.4 Å². The molecule has 3 heterocycles. The summed E-state index contributed by atoms with van der Waals surface area (Å²) in [6.07, 6.45) is -6.76. The Morgan fingerprint density at radius 2 is 1.67 bits per heavy atom. The summed E-state index contributed by atoms with van der Waals surface area (Å²) in [7, 11) is 0. The Kier molecular flexibility index (Phi) is 4.69. The lowest BCUT2D eigenvalue weighted by atomic mass is 10.1. The van der Waals surface area contributed by atoms with Crippen LogP contribution >= 0.6 is 11.6 Å². The lowest BCUT2D eigenvalue weighted by Crippen LogP contribution is -2.08. The zero-order valence-electron chi connectivity index (χ0n) is 14.6. The van der Waals surface area contributed by atoms with E-state index in [1.807, 2.05) is 0 Å². The molecular formula is C19H9ClF6N4. The Morgan fingerprint density at radius 3 is 2.30 bits per heavy atom. The Balaban J connectivity index is 1.74. The van der Waals surface area contributed by atoms with Crippen molar-refractivity contribution in [2.24, 2.45) is 0 Å². The van der Waals surface area contributed by atoms with Crippen LogP contribution in [-0.4, -0.2) is 19.9 Å². The van der Waals surface area contributed by atoms with Gasteiger partial charge in [-0.05, 0) is 36.4 Å².